The van der Waals surface area contributed by atoms with Crippen molar-refractivity contribution in [3.8, 4) is 5.75 Å². The second kappa shape index (κ2) is 4.23. The summed E-state index contributed by atoms with van der Waals surface area (Å²) in [4.78, 5) is 4.83. The van der Waals surface area contributed by atoms with Crippen LogP contribution in [0.2, 0.25) is 0 Å². The van der Waals surface area contributed by atoms with Gasteiger partial charge >= 0.3 is 0 Å². The molecule has 94 valence electrons. The first-order valence-electron chi connectivity index (χ1n) is 5.40. The minimum atomic E-state index is -0.572. The monoisotopic (exact) mass is 243 g/mol. The van der Waals surface area contributed by atoms with Crippen LogP contribution in [0.15, 0.2) is 12.1 Å². The molecule has 0 bridgehead atoms. The Labute approximate surface area is 98.7 Å². The Bertz CT molecular complexity index is 435. The molecule has 1 unspecified atom stereocenters. The molecular formula is C12H15F2NO2. The number of ether oxygens (including phenoxy) is 1. The molecule has 5 heteroatoms. The van der Waals surface area contributed by atoms with Gasteiger partial charge in [0.1, 0.15) is 11.4 Å². The highest BCUT2D eigenvalue weighted by atomic mass is 19.1. The number of benzene rings is 1. The van der Waals surface area contributed by atoms with Gasteiger partial charge in [0.15, 0.2) is 11.6 Å². The largest absolute Gasteiger partial charge is 0.484 e. The molecule has 1 aliphatic heterocycles. The summed E-state index contributed by atoms with van der Waals surface area (Å²) in [5, 5.41) is 0. The van der Waals surface area contributed by atoms with Crippen molar-refractivity contribution in [2.45, 2.75) is 31.9 Å². The molecule has 2 rings (SSSR count). The van der Waals surface area contributed by atoms with Crippen molar-refractivity contribution < 1.29 is 18.4 Å². The molecule has 0 aliphatic carbocycles. The van der Waals surface area contributed by atoms with E-state index in [1.807, 2.05) is 13.8 Å². The van der Waals surface area contributed by atoms with Gasteiger partial charge in [-0.15, -0.1) is 0 Å². The lowest BCUT2D eigenvalue weighted by Gasteiger charge is -2.37. The smallest absolute Gasteiger partial charge is 0.165 e. The molecule has 0 aromatic heterocycles. The fourth-order valence-electron chi connectivity index (χ4n) is 2.13. The van der Waals surface area contributed by atoms with E-state index in [0.29, 0.717) is 6.42 Å². The summed E-state index contributed by atoms with van der Waals surface area (Å²) in [7, 11) is 1.44. The number of hydrogen-bond donors (Lipinski definition) is 1. The summed E-state index contributed by atoms with van der Waals surface area (Å²) in [5.74, 6) is -1.08. The van der Waals surface area contributed by atoms with Gasteiger partial charge in [-0.25, -0.2) is 8.78 Å². The van der Waals surface area contributed by atoms with Gasteiger partial charge in [-0.05, 0) is 26.0 Å². The average molecular weight is 243 g/mol. The van der Waals surface area contributed by atoms with Crippen LogP contribution in [0.25, 0.3) is 0 Å². The van der Waals surface area contributed by atoms with Gasteiger partial charge in [0.25, 0.3) is 0 Å². The van der Waals surface area contributed by atoms with Gasteiger partial charge in [-0.1, -0.05) is 0 Å². The van der Waals surface area contributed by atoms with E-state index >= 15 is 0 Å². The zero-order chi connectivity index (χ0) is 12.6. The molecule has 17 heavy (non-hydrogen) atoms. The normalized spacial score (nSPS) is 21.8. The Balaban J connectivity index is 2.52. The summed E-state index contributed by atoms with van der Waals surface area (Å²) in [5.41, 5.74) is 2.29. The summed E-state index contributed by atoms with van der Waals surface area (Å²) < 4.78 is 32.9. The van der Waals surface area contributed by atoms with Crippen LogP contribution >= 0.6 is 0 Å². The van der Waals surface area contributed by atoms with Gasteiger partial charge in [0, 0.05) is 6.42 Å². The quantitative estimate of drug-likeness (QED) is 0.810. The van der Waals surface area contributed by atoms with Crippen LogP contribution in [0.1, 0.15) is 31.9 Å². The van der Waals surface area contributed by atoms with Crippen molar-refractivity contribution in [3.05, 3.63) is 29.3 Å². The molecule has 1 aromatic carbocycles. The maximum absolute atomic E-state index is 13.7. The molecule has 1 aromatic rings. The molecule has 1 atom stereocenters. The lowest BCUT2D eigenvalue weighted by molar-refractivity contribution is -0.000949. The zero-order valence-electron chi connectivity index (χ0n) is 10.0. The number of nitrogens with one attached hydrogen (secondary N) is 1. The molecule has 0 fully saturated rings. The molecule has 1 aliphatic rings. The molecular weight excluding hydrogens is 228 g/mol. The molecule has 0 saturated carbocycles. The first kappa shape index (κ1) is 12.3. The molecule has 0 amide bonds. The van der Waals surface area contributed by atoms with Crippen LogP contribution in [0.5, 0.6) is 5.75 Å². The highest BCUT2D eigenvalue weighted by Crippen LogP contribution is 2.42. The molecule has 1 heterocycles. The van der Waals surface area contributed by atoms with Crippen LogP contribution in [0.3, 0.4) is 0 Å². The first-order chi connectivity index (χ1) is 7.94. The summed E-state index contributed by atoms with van der Waals surface area (Å²) in [6.45, 7) is 3.65. The van der Waals surface area contributed by atoms with Crippen LogP contribution in [0.4, 0.5) is 8.78 Å². The Morgan fingerprint density at radius 2 is 2.00 bits per heavy atom. The lowest BCUT2D eigenvalue weighted by atomic mass is 9.90. The third-order valence-corrected chi connectivity index (χ3v) is 2.78. The Morgan fingerprint density at radius 3 is 2.65 bits per heavy atom. The van der Waals surface area contributed by atoms with E-state index in [2.05, 4.69) is 5.48 Å². The van der Waals surface area contributed by atoms with Crippen LogP contribution in [-0.4, -0.2) is 12.7 Å². The van der Waals surface area contributed by atoms with Crippen molar-refractivity contribution in [1.82, 2.24) is 5.48 Å². The van der Waals surface area contributed by atoms with Gasteiger partial charge < -0.3 is 9.57 Å². The van der Waals surface area contributed by atoms with E-state index in [9.17, 15) is 8.78 Å². The fourth-order valence-corrected chi connectivity index (χ4v) is 2.13. The zero-order valence-corrected chi connectivity index (χ0v) is 10.0. The number of hydroxylamine groups is 1. The van der Waals surface area contributed by atoms with E-state index in [-0.39, 0.29) is 11.3 Å². The molecule has 1 N–H and O–H groups in total. The summed E-state index contributed by atoms with van der Waals surface area (Å²) >= 11 is 0. The highest BCUT2D eigenvalue weighted by Gasteiger charge is 2.37. The Morgan fingerprint density at radius 1 is 1.35 bits per heavy atom. The Kier molecular flexibility index (Phi) is 3.05. The lowest BCUT2D eigenvalue weighted by Crippen LogP contribution is -2.40. The van der Waals surface area contributed by atoms with Crippen molar-refractivity contribution in [2.75, 3.05) is 7.11 Å². The predicted octanol–water partition coefficient (Wildman–Crippen LogP) is 2.72. The number of fused-ring (bicyclic) bond motifs is 1. The summed E-state index contributed by atoms with van der Waals surface area (Å²) in [6, 6.07) is 1.74. The third kappa shape index (κ3) is 2.25. The molecule has 3 nitrogen and oxygen atoms in total. The standard InChI is InChI=1S/C12H15F2NO2/c1-12(2)6-9(15-16-3)10-7(13)4-5-8(14)11(10)17-12/h4-5,9,15H,6H2,1-3H3. The molecule has 0 radical (unpaired) electrons. The van der Waals surface area contributed by atoms with E-state index in [0.717, 1.165) is 12.1 Å². The van der Waals surface area contributed by atoms with Crippen molar-refractivity contribution in [2.24, 2.45) is 0 Å². The second-order valence-electron chi connectivity index (χ2n) is 4.71. The minimum absolute atomic E-state index is 0.0317. The second-order valence-corrected chi connectivity index (χ2v) is 4.71. The number of hydrogen-bond acceptors (Lipinski definition) is 3. The fraction of sp³-hybridized carbons (Fsp3) is 0.500. The molecule has 0 spiro atoms. The van der Waals surface area contributed by atoms with Crippen LogP contribution in [-0.2, 0) is 4.84 Å². The maximum Gasteiger partial charge on any atom is 0.165 e. The SMILES string of the molecule is CONC1CC(C)(C)Oc2c(F)ccc(F)c21. The van der Waals surface area contributed by atoms with Gasteiger partial charge in [0.2, 0.25) is 0 Å². The molecule has 0 saturated heterocycles. The van der Waals surface area contributed by atoms with Crippen molar-refractivity contribution in [1.29, 1.82) is 0 Å². The first-order valence-corrected chi connectivity index (χ1v) is 5.40. The van der Waals surface area contributed by atoms with Crippen LogP contribution in [0, 0.1) is 11.6 Å². The van der Waals surface area contributed by atoms with Crippen molar-refractivity contribution in [3.63, 3.8) is 0 Å². The topological polar surface area (TPSA) is 30.5 Å². The number of halogens is 2. The van der Waals surface area contributed by atoms with E-state index in [1.54, 1.807) is 0 Å². The van der Waals surface area contributed by atoms with E-state index in [1.165, 1.54) is 7.11 Å². The van der Waals surface area contributed by atoms with Crippen molar-refractivity contribution >= 4 is 0 Å². The summed E-state index contributed by atoms with van der Waals surface area (Å²) in [6.07, 6.45) is 0.494. The third-order valence-electron chi connectivity index (χ3n) is 2.78. The van der Waals surface area contributed by atoms with E-state index in [4.69, 9.17) is 9.57 Å². The van der Waals surface area contributed by atoms with Gasteiger partial charge in [0.05, 0.1) is 18.7 Å². The number of rotatable bonds is 2. The average Bonchev–Trinajstić information content (AvgIpc) is 2.22. The maximum atomic E-state index is 13.7. The Hall–Kier alpha value is -1.20. The van der Waals surface area contributed by atoms with E-state index < -0.39 is 23.3 Å². The minimum Gasteiger partial charge on any atom is -0.484 e. The highest BCUT2D eigenvalue weighted by molar-refractivity contribution is 5.41. The van der Waals surface area contributed by atoms with Gasteiger partial charge in [-0.3, -0.25) is 0 Å². The van der Waals surface area contributed by atoms with Crippen LogP contribution < -0.4 is 10.2 Å². The van der Waals surface area contributed by atoms with Gasteiger partial charge in [-0.2, -0.15) is 5.48 Å². The predicted molar refractivity (Wildman–Crippen MR) is 58.6 cm³/mol.